The van der Waals surface area contributed by atoms with Crippen molar-refractivity contribution < 1.29 is 8.42 Å². The van der Waals surface area contributed by atoms with Crippen LogP contribution >= 0.6 is 11.8 Å². The fraction of sp³-hybridized carbons (Fsp3) is 0.375. The molecular weight excluding hydrogens is 346 g/mol. The third kappa shape index (κ3) is 6.10. The standard InChI is InChI=1S/C16H21N3O3S2/c1-23-11-12-24(21,22)17-10-2-3-13-4-6-14(7-5-13)15-8-9-16(20)19-18-15/h4-9,17H,2-3,10-12H2,1H3,(H,19,20). The number of aromatic nitrogens is 2. The molecule has 0 saturated carbocycles. The Morgan fingerprint density at radius 1 is 1.17 bits per heavy atom. The molecule has 1 aromatic carbocycles. The van der Waals surface area contributed by atoms with E-state index in [1.54, 1.807) is 6.07 Å². The van der Waals surface area contributed by atoms with Crippen LogP contribution in [0.1, 0.15) is 12.0 Å². The van der Waals surface area contributed by atoms with Crippen molar-refractivity contribution in [2.75, 3.05) is 24.3 Å². The van der Waals surface area contributed by atoms with Crippen LogP contribution in [0.2, 0.25) is 0 Å². The third-order valence-corrected chi connectivity index (χ3v) is 5.71. The molecule has 0 saturated heterocycles. The van der Waals surface area contributed by atoms with Gasteiger partial charge >= 0.3 is 0 Å². The van der Waals surface area contributed by atoms with E-state index in [1.807, 2.05) is 30.5 Å². The van der Waals surface area contributed by atoms with Crippen LogP contribution in [0, 0.1) is 0 Å². The molecule has 0 spiro atoms. The molecule has 0 unspecified atom stereocenters. The normalized spacial score (nSPS) is 11.5. The fourth-order valence-electron chi connectivity index (χ4n) is 2.13. The van der Waals surface area contributed by atoms with Gasteiger partial charge in [0.05, 0.1) is 11.4 Å². The lowest BCUT2D eigenvalue weighted by atomic mass is 10.1. The van der Waals surface area contributed by atoms with E-state index in [4.69, 9.17) is 0 Å². The Labute approximate surface area is 146 Å². The molecule has 24 heavy (non-hydrogen) atoms. The van der Waals surface area contributed by atoms with Gasteiger partial charge in [0.25, 0.3) is 5.56 Å². The predicted molar refractivity (Wildman–Crippen MR) is 98.8 cm³/mol. The van der Waals surface area contributed by atoms with Crippen LogP contribution in [0.15, 0.2) is 41.2 Å². The van der Waals surface area contributed by atoms with Crippen molar-refractivity contribution in [3.63, 3.8) is 0 Å². The first-order chi connectivity index (χ1) is 11.5. The van der Waals surface area contributed by atoms with Crippen LogP contribution in [0.4, 0.5) is 0 Å². The first kappa shape index (κ1) is 18.7. The Kier molecular flexibility index (Phi) is 7.01. The summed E-state index contributed by atoms with van der Waals surface area (Å²) in [4.78, 5) is 11.0. The first-order valence-electron chi connectivity index (χ1n) is 7.61. The number of aryl methyl sites for hydroxylation is 1. The Balaban J connectivity index is 1.82. The monoisotopic (exact) mass is 367 g/mol. The van der Waals surface area contributed by atoms with Crippen molar-refractivity contribution in [3.05, 3.63) is 52.3 Å². The summed E-state index contributed by atoms with van der Waals surface area (Å²) in [5, 5.41) is 6.40. The average molecular weight is 367 g/mol. The first-order valence-corrected chi connectivity index (χ1v) is 10.7. The van der Waals surface area contributed by atoms with Crippen LogP contribution in [0.3, 0.4) is 0 Å². The summed E-state index contributed by atoms with van der Waals surface area (Å²) in [7, 11) is -3.15. The molecule has 0 aliphatic carbocycles. The van der Waals surface area contributed by atoms with Gasteiger partial charge in [0.15, 0.2) is 0 Å². The Bertz CT molecular complexity index is 782. The Morgan fingerprint density at radius 2 is 1.92 bits per heavy atom. The van der Waals surface area contributed by atoms with Gasteiger partial charge in [-0.15, -0.1) is 0 Å². The maximum absolute atomic E-state index is 11.7. The lowest BCUT2D eigenvalue weighted by molar-refractivity contribution is 0.580. The zero-order chi connectivity index (χ0) is 17.4. The molecule has 1 heterocycles. The van der Waals surface area contributed by atoms with Gasteiger partial charge in [-0.05, 0) is 30.7 Å². The molecule has 0 fully saturated rings. The summed E-state index contributed by atoms with van der Waals surface area (Å²) in [5.41, 5.74) is 2.54. The third-order valence-electron chi connectivity index (χ3n) is 3.45. The number of H-pyrrole nitrogens is 1. The molecule has 0 aliphatic heterocycles. The summed E-state index contributed by atoms with van der Waals surface area (Å²) in [6.45, 7) is 0.444. The highest BCUT2D eigenvalue weighted by Crippen LogP contribution is 2.16. The van der Waals surface area contributed by atoms with Gasteiger partial charge in [-0.3, -0.25) is 4.79 Å². The second-order valence-electron chi connectivity index (χ2n) is 5.31. The number of nitrogens with zero attached hydrogens (tertiary/aromatic N) is 1. The van der Waals surface area contributed by atoms with Gasteiger partial charge in [0.1, 0.15) is 0 Å². The molecule has 130 valence electrons. The van der Waals surface area contributed by atoms with Crippen LogP contribution in [-0.2, 0) is 16.4 Å². The largest absolute Gasteiger partial charge is 0.268 e. The van der Waals surface area contributed by atoms with Crippen LogP contribution in [0.25, 0.3) is 11.3 Å². The molecular formula is C16H21N3O3S2. The number of sulfonamides is 1. The minimum absolute atomic E-state index is 0.162. The predicted octanol–water partition coefficient (Wildman–Crippen LogP) is 1.65. The molecule has 0 aliphatic rings. The summed E-state index contributed by atoms with van der Waals surface area (Å²) in [6.07, 6.45) is 3.43. The van der Waals surface area contributed by atoms with Crippen LogP contribution < -0.4 is 10.3 Å². The van der Waals surface area contributed by atoms with Crippen molar-refractivity contribution in [3.8, 4) is 11.3 Å². The highest BCUT2D eigenvalue weighted by molar-refractivity contribution is 7.99. The lowest BCUT2D eigenvalue weighted by Gasteiger charge is -2.06. The molecule has 0 amide bonds. The van der Waals surface area contributed by atoms with Crippen LogP contribution in [0.5, 0.6) is 0 Å². The molecule has 0 radical (unpaired) electrons. The Morgan fingerprint density at radius 3 is 2.54 bits per heavy atom. The van der Waals surface area contributed by atoms with Gasteiger partial charge in [-0.2, -0.15) is 16.9 Å². The topological polar surface area (TPSA) is 91.9 Å². The summed E-state index contributed by atoms with van der Waals surface area (Å²) in [6, 6.07) is 11.0. The van der Waals surface area contributed by atoms with Crippen molar-refractivity contribution in [1.82, 2.24) is 14.9 Å². The minimum atomic E-state index is -3.15. The smallest absolute Gasteiger partial charge is 0.264 e. The van der Waals surface area contributed by atoms with Crippen molar-refractivity contribution in [2.45, 2.75) is 12.8 Å². The second kappa shape index (κ2) is 9.00. The number of benzene rings is 1. The van der Waals surface area contributed by atoms with E-state index in [0.717, 1.165) is 24.0 Å². The molecule has 6 nitrogen and oxygen atoms in total. The second-order valence-corrected chi connectivity index (χ2v) is 8.22. The summed E-state index contributed by atoms with van der Waals surface area (Å²) >= 11 is 1.52. The number of thioether (sulfide) groups is 1. The van der Waals surface area contributed by atoms with Gasteiger partial charge in [0.2, 0.25) is 10.0 Å². The van der Waals surface area contributed by atoms with Crippen LogP contribution in [-0.4, -0.2) is 42.9 Å². The average Bonchev–Trinajstić information content (AvgIpc) is 2.58. The quantitative estimate of drug-likeness (QED) is 0.658. The summed E-state index contributed by atoms with van der Waals surface area (Å²) < 4.78 is 26.0. The van der Waals surface area contributed by atoms with Gasteiger partial charge in [0, 0.05) is 23.9 Å². The molecule has 0 bridgehead atoms. The molecule has 1 aromatic heterocycles. The highest BCUT2D eigenvalue weighted by Gasteiger charge is 2.08. The maximum atomic E-state index is 11.7. The van der Waals surface area contributed by atoms with E-state index in [0.29, 0.717) is 18.0 Å². The molecule has 2 aromatic rings. The van der Waals surface area contributed by atoms with Gasteiger partial charge in [-0.1, -0.05) is 24.3 Å². The van der Waals surface area contributed by atoms with E-state index in [2.05, 4.69) is 14.9 Å². The van der Waals surface area contributed by atoms with Gasteiger partial charge < -0.3 is 0 Å². The number of aromatic amines is 1. The van der Waals surface area contributed by atoms with Crippen molar-refractivity contribution >= 4 is 21.8 Å². The minimum Gasteiger partial charge on any atom is -0.268 e. The zero-order valence-corrected chi connectivity index (χ0v) is 15.1. The highest BCUT2D eigenvalue weighted by atomic mass is 32.2. The van der Waals surface area contributed by atoms with E-state index in [-0.39, 0.29) is 11.3 Å². The van der Waals surface area contributed by atoms with E-state index >= 15 is 0 Å². The molecule has 8 heteroatoms. The number of hydrogen-bond acceptors (Lipinski definition) is 5. The summed E-state index contributed by atoms with van der Waals surface area (Å²) in [5.74, 6) is 0.768. The maximum Gasteiger partial charge on any atom is 0.264 e. The van der Waals surface area contributed by atoms with Gasteiger partial charge in [-0.25, -0.2) is 18.2 Å². The number of nitrogens with one attached hydrogen (secondary N) is 2. The molecule has 2 N–H and O–H groups in total. The molecule has 2 rings (SSSR count). The van der Waals surface area contributed by atoms with Crippen molar-refractivity contribution in [1.29, 1.82) is 0 Å². The Hall–Kier alpha value is -1.64. The fourth-order valence-corrected chi connectivity index (χ4v) is 4.28. The number of rotatable bonds is 9. The SMILES string of the molecule is CSCCS(=O)(=O)NCCCc1ccc(-c2ccc(=O)[nH]n2)cc1. The van der Waals surface area contributed by atoms with Crippen molar-refractivity contribution in [2.24, 2.45) is 0 Å². The van der Waals surface area contributed by atoms with E-state index < -0.39 is 10.0 Å². The lowest BCUT2D eigenvalue weighted by Crippen LogP contribution is -2.28. The molecule has 0 atom stereocenters. The zero-order valence-electron chi connectivity index (χ0n) is 13.5. The van der Waals surface area contributed by atoms with E-state index in [9.17, 15) is 13.2 Å². The number of hydrogen-bond donors (Lipinski definition) is 2. The van der Waals surface area contributed by atoms with E-state index in [1.165, 1.54) is 17.8 Å².